The Bertz CT molecular complexity index is 1130. The summed E-state index contributed by atoms with van der Waals surface area (Å²) in [5.74, 6) is 0.253. The smallest absolute Gasteiger partial charge is 0.396 e. The van der Waals surface area contributed by atoms with Crippen molar-refractivity contribution < 1.29 is 23.0 Å². The van der Waals surface area contributed by atoms with E-state index in [0.717, 1.165) is 15.9 Å². The summed E-state index contributed by atoms with van der Waals surface area (Å²) in [7, 11) is 1.60. The van der Waals surface area contributed by atoms with Crippen LogP contribution in [-0.4, -0.2) is 63.6 Å². The standard InChI is InChI=1S/C21H25F3N6O2S/c1-10-16(19-29-17-11(2)25-5-4-15(17)33-19)18(30-20(27-10)26-9-21(22,23)24)28-13-6-12(8-31)14(7-13)32-3/h4-5,12-14,31H,6-9H2,1-3H3,(H2,26,27,28,30)/t12-,13-,14?/m1/s1. The Kier molecular flexibility index (Phi) is 6.68. The fourth-order valence-corrected chi connectivity index (χ4v) is 5.27. The van der Waals surface area contributed by atoms with E-state index in [4.69, 9.17) is 9.72 Å². The second-order valence-corrected chi connectivity index (χ2v) is 9.15. The fourth-order valence-electron chi connectivity index (χ4n) is 4.16. The number of thiazole rings is 1. The third-order valence-electron chi connectivity index (χ3n) is 5.75. The molecule has 33 heavy (non-hydrogen) atoms. The van der Waals surface area contributed by atoms with Gasteiger partial charge in [-0.2, -0.15) is 18.2 Å². The zero-order chi connectivity index (χ0) is 23.8. The summed E-state index contributed by atoms with van der Waals surface area (Å²) in [4.78, 5) is 17.7. The maximum Gasteiger partial charge on any atom is 0.405 e. The number of pyridine rings is 1. The van der Waals surface area contributed by atoms with Crippen molar-refractivity contribution in [3.8, 4) is 10.6 Å². The van der Waals surface area contributed by atoms with Crippen LogP contribution in [0.15, 0.2) is 12.3 Å². The molecule has 0 saturated heterocycles. The molecule has 0 amide bonds. The van der Waals surface area contributed by atoms with Gasteiger partial charge in [-0.05, 0) is 32.8 Å². The van der Waals surface area contributed by atoms with Gasteiger partial charge >= 0.3 is 6.18 Å². The van der Waals surface area contributed by atoms with E-state index in [1.807, 2.05) is 13.0 Å². The van der Waals surface area contributed by atoms with Gasteiger partial charge in [0, 0.05) is 31.9 Å². The first-order valence-electron chi connectivity index (χ1n) is 10.5. The first-order valence-corrected chi connectivity index (χ1v) is 11.3. The highest BCUT2D eigenvalue weighted by Gasteiger charge is 2.35. The molecule has 0 spiro atoms. The molecule has 3 atom stereocenters. The minimum Gasteiger partial charge on any atom is -0.396 e. The lowest BCUT2D eigenvalue weighted by Gasteiger charge is -2.18. The van der Waals surface area contributed by atoms with Crippen LogP contribution in [0.4, 0.5) is 24.9 Å². The number of methoxy groups -OCH3 is 1. The lowest BCUT2D eigenvalue weighted by atomic mass is 10.1. The van der Waals surface area contributed by atoms with E-state index in [2.05, 4.69) is 25.6 Å². The summed E-state index contributed by atoms with van der Waals surface area (Å²) in [5, 5.41) is 15.9. The van der Waals surface area contributed by atoms with Crippen molar-refractivity contribution in [1.82, 2.24) is 19.9 Å². The van der Waals surface area contributed by atoms with Crippen molar-refractivity contribution in [2.45, 2.75) is 45.0 Å². The van der Waals surface area contributed by atoms with Gasteiger partial charge in [0.1, 0.15) is 22.9 Å². The fraction of sp³-hybridized carbons (Fsp3) is 0.524. The van der Waals surface area contributed by atoms with E-state index in [-0.39, 0.29) is 30.6 Å². The molecule has 3 aromatic heterocycles. The molecular weight excluding hydrogens is 457 g/mol. The van der Waals surface area contributed by atoms with Crippen LogP contribution in [0.5, 0.6) is 0 Å². The number of aliphatic hydroxyl groups excluding tert-OH is 1. The molecule has 0 bridgehead atoms. The Balaban J connectivity index is 1.73. The van der Waals surface area contributed by atoms with Crippen LogP contribution in [0.3, 0.4) is 0 Å². The minimum atomic E-state index is -4.40. The van der Waals surface area contributed by atoms with Crippen LogP contribution in [-0.2, 0) is 4.74 Å². The van der Waals surface area contributed by atoms with Gasteiger partial charge in [-0.15, -0.1) is 11.3 Å². The van der Waals surface area contributed by atoms with Gasteiger partial charge in [-0.3, -0.25) is 4.98 Å². The summed E-state index contributed by atoms with van der Waals surface area (Å²) in [6.07, 6.45) is -1.51. The van der Waals surface area contributed by atoms with Crippen LogP contribution < -0.4 is 10.6 Å². The first-order chi connectivity index (χ1) is 15.7. The number of hydrogen-bond donors (Lipinski definition) is 3. The third-order valence-corrected chi connectivity index (χ3v) is 6.79. The Morgan fingerprint density at radius 2 is 1.97 bits per heavy atom. The molecule has 3 heterocycles. The molecule has 3 aromatic rings. The van der Waals surface area contributed by atoms with E-state index in [1.165, 1.54) is 11.3 Å². The van der Waals surface area contributed by atoms with Gasteiger partial charge in [0.15, 0.2) is 0 Å². The van der Waals surface area contributed by atoms with Gasteiger partial charge < -0.3 is 20.5 Å². The molecular formula is C21H25F3N6O2S. The van der Waals surface area contributed by atoms with Crippen molar-refractivity contribution in [3.05, 3.63) is 23.7 Å². The zero-order valence-electron chi connectivity index (χ0n) is 18.4. The van der Waals surface area contributed by atoms with Crippen LogP contribution in [0.25, 0.3) is 20.8 Å². The van der Waals surface area contributed by atoms with Crippen LogP contribution in [0.2, 0.25) is 0 Å². The maximum absolute atomic E-state index is 12.7. The van der Waals surface area contributed by atoms with E-state index >= 15 is 0 Å². The lowest BCUT2D eigenvalue weighted by Crippen LogP contribution is -2.24. The Morgan fingerprint density at radius 1 is 1.18 bits per heavy atom. The minimum absolute atomic E-state index is 0.00508. The summed E-state index contributed by atoms with van der Waals surface area (Å²) in [6, 6.07) is 1.80. The largest absolute Gasteiger partial charge is 0.405 e. The molecule has 12 heteroatoms. The van der Waals surface area contributed by atoms with Crippen LogP contribution in [0.1, 0.15) is 24.2 Å². The van der Waals surface area contributed by atoms with Crippen molar-refractivity contribution in [2.24, 2.45) is 5.92 Å². The SMILES string of the molecule is COC1C[C@H](Nc2nc(NCC(F)(F)F)nc(C)c2-c2nc3c(C)nccc3s2)C[C@@H]1CO. The predicted molar refractivity (Wildman–Crippen MR) is 120 cm³/mol. The van der Waals surface area contributed by atoms with Crippen molar-refractivity contribution in [1.29, 1.82) is 0 Å². The van der Waals surface area contributed by atoms with Gasteiger partial charge in [-0.25, -0.2) is 9.97 Å². The Morgan fingerprint density at radius 3 is 2.61 bits per heavy atom. The highest BCUT2D eigenvalue weighted by molar-refractivity contribution is 7.21. The quantitative estimate of drug-likeness (QED) is 0.465. The number of nitrogens with zero attached hydrogens (tertiary/aromatic N) is 4. The zero-order valence-corrected chi connectivity index (χ0v) is 19.2. The van der Waals surface area contributed by atoms with Gasteiger partial charge in [0.05, 0.1) is 27.8 Å². The van der Waals surface area contributed by atoms with Crippen molar-refractivity contribution in [2.75, 3.05) is 30.9 Å². The first kappa shape index (κ1) is 23.6. The third kappa shape index (κ3) is 5.17. The molecule has 0 aliphatic heterocycles. The number of halogens is 3. The second kappa shape index (κ2) is 9.35. The summed E-state index contributed by atoms with van der Waals surface area (Å²) < 4.78 is 44.7. The molecule has 0 aromatic carbocycles. The number of aryl methyl sites for hydroxylation is 2. The molecule has 8 nitrogen and oxygen atoms in total. The molecule has 1 fully saturated rings. The number of nitrogens with one attached hydrogen (secondary N) is 2. The van der Waals surface area contributed by atoms with E-state index in [0.29, 0.717) is 34.9 Å². The number of rotatable bonds is 7. The number of aliphatic hydroxyl groups is 1. The second-order valence-electron chi connectivity index (χ2n) is 8.12. The van der Waals surface area contributed by atoms with E-state index in [9.17, 15) is 18.3 Å². The summed E-state index contributed by atoms with van der Waals surface area (Å²) >= 11 is 1.45. The molecule has 4 rings (SSSR count). The maximum atomic E-state index is 12.7. The van der Waals surface area contributed by atoms with Gasteiger partial charge in [0.25, 0.3) is 0 Å². The average Bonchev–Trinajstić information content (AvgIpc) is 3.36. The highest BCUT2D eigenvalue weighted by atomic mass is 32.1. The molecule has 0 radical (unpaired) electrons. The number of fused-ring (bicyclic) bond motifs is 1. The molecule has 3 N–H and O–H groups in total. The topological polar surface area (TPSA) is 105 Å². The Hall–Kier alpha value is -2.57. The number of hydrogen-bond acceptors (Lipinski definition) is 9. The highest BCUT2D eigenvalue weighted by Crippen LogP contribution is 2.38. The number of anilines is 2. The molecule has 178 valence electrons. The number of ether oxygens (including phenoxy) is 1. The van der Waals surface area contributed by atoms with E-state index < -0.39 is 12.7 Å². The summed E-state index contributed by atoms with van der Waals surface area (Å²) in [5.41, 5.74) is 2.69. The van der Waals surface area contributed by atoms with Crippen LogP contribution in [0, 0.1) is 19.8 Å². The normalized spacial score (nSPS) is 21.0. The van der Waals surface area contributed by atoms with Gasteiger partial charge in [-0.1, -0.05) is 0 Å². The van der Waals surface area contributed by atoms with Gasteiger partial charge in [0.2, 0.25) is 5.95 Å². The Labute approximate surface area is 192 Å². The molecule has 1 aliphatic carbocycles. The molecule has 1 unspecified atom stereocenters. The monoisotopic (exact) mass is 482 g/mol. The number of alkyl halides is 3. The molecule has 1 saturated carbocycles. The molecule has 1 aliphatic rings. The van der Waals surface area contributed by atoms with Crippen LogP contribution >= 0.6 is 11.3 Å². The predicted octanol–water partition coefficient (Wildman–Crippen LogP) is 3.94. The average molecular weight is 483 g/mol. The lowest BCUT2D eigenvalue weighted by molar-refractivity contribution is -0.115. The summed E-state index contributed by atoms with van der Waals surface area (Å²) in [6.45, 7) is 2.35. The van der Waals surface area contributed by atoms with Crippen molar-refractivity contribution in [3.63, 3.8) is 0 Å². The number of aromatic nitrogens is 4. The van der Waals surface area contributed by atoms with Crippen molar-refractivity contribution >= 4 is 33.3 Å². The van der Waals surface area contributed by atoms with E-state index in [1.54, 1.807) is 20.2 Å².